The minimum atomic E-state index is 0. The first-order valence-corrected chi connectivity index (χ1v) is 7.12. The zero-order valence-corrected chi connectivity index (χ0v) is 16.6. The Kier molecular flexibility index (Phi) is 136. The summed E-state index contributed by atoms with van der Waals surface area (Å²) in [6, 6.07) is 0. The molecule has 0 aliphatic rings. The van der Waals surface area contributed by atoms with Crippen molar-refractivity contribution in [1.82, 2.24) is 0 Å². The largest absolute Gasteiger partial charge is 0.397 e. The molecule has 0 fully saturated rings. The van der Waals surface area contributed by atoms with Gasteiger partial charge in [-0.15, -0.1) is 0 Å². The molecule has 0 radical (unpaired) electrons. The maximum Gasteiger partial charge on any atom is 0.0428 e. The summed E-state index contributed by atoms with van der Waals surface area (Å²) in [5.74, 6) is 0. The summed E-state index contributed by atoms with van der Waals surface area (Å²) < 4.78 is 0. The van der Waals surface area contributed by atoms with E-state index in [-0.39, 0.29) is 32.8 Å². The van der Waals surface area contributed by atoms with E-state index in [1.54, 1.807) is 6.92 Å². The van der Waals surface area contributed by atoms with Gasteiger partial charge in [-0.3, -0.25) is 0 Å². The van der Waals surface area contributed by atoms with Crippen LogP contribution in [-0.2, 0) is 26.2 Å². The summed E-state index contributed by atoms with van der Waals surface area (Å²) in [6.45, 7) is 10.9. The second-order valence-corrected chi connectivity index (χ2v) is 3.21. The minimum Gasteiger partial charge on any atom is -0.397 e. The van der Waals surface area contributed by atoms with Gasteiger partial charge in [-0.2, -0.15) is 0 Å². The molecule has 0 aromatic rings. The Morgan fingerprint density at radius 2 is 0.500 bits per heavy atom. The molecule has 20 heavy (non-hydrogen) atoms. The van der Waals surface area contributed by atoms with E-state index in [1.165, 1.54) is 0 Å². The van der Waals surface area contributed by atoms with Gasteiger partial charge in [0.2, 0.25) is 0 Å². The Morgan fingerprint density at radius 3 is 0.500 bits per heavy atom. The molecule has 0 saturated heterocycles. The van der Waals surface area contributed by atoms with Gasteiger partial charge in [-0.05, 0) is 32.6 Å². The quantitative estimate of drug-likeness (QED) is 0.512. The van der Waals surface area contributed by atoms with Crippen LogP contribution in [0.25, 0.3) is 0 Å². The second-order valence-electron chi connectivity index (χ2n) is 3.21. The number of hydrogen-bond acceptors (Lipinski definition) is 5. The SMILES string of the molecule is CCCO.CCCO.CCCO.CCCO.CCO.[Zr]. The van der Waals surface area contributed by atoms with Crippen LogP contribution in [0.15, 0.2) is 0 Å². The van der Waals surface area contributed by atoms with Crippen LogP contribution in [0, 0.1) is 0 Å². The molecule has 0 bridgehead atoms. The van der Waals surface area contributed by atoms with Crippen LogP contribution in [0.3, 0.4) is 0 Å². The maximum absolute atomic E-state index is 7.88. The molecule has 0 aliphatic heterocycles. The van der Waals surface area contributed by atoms with Gasteiger partial charge in [0.25, 0.3) is 0 Å². The summed E-state index contributed by atoms with van der Waals surface area (Å²) in [7, 11) is 0. The smallest absolute Gasteiger partial charge is 0.0428 e. The van der Waals surface area contributed by atoms with E-state index in [0.29, 0.717) is 26.4 Å². The predicted molar refractivity (Wildman–Crippen MR) is 82.3 cm³/mol. The van der Waals surface area contributed by atoms with Gasteiger partial charge in [0.15, 0.2) is 0 Å². The van der Waals surface area contributed by atoms with E-state index >= 15 is 0 Å². The summed E-state index contributed by atoms with van der Waals surface area (Å²) >= 11 is 0. The fourth-order valence-corrected chi connectivity index (χ4v) is 0. The summed E-state index contributed by atoms with van der Waals surface area (Å²) in [4.78, 5) is 0. The van der Waals surface area contributed by atoms with Crippen LogP contribution in [0.1, 0.15) is 60.3 Å². The Bertz CT molecular complexity index is 54.6. The Labute approximate surface area is 145 Å². The van der Waals surface area contributed by atoms with Gasteiger partial charge >= 0.3 is 0 Å². The van der Waals surface area contributed by atoms with E-state index in [0.717, 1.165) is 25.7 Å². The molecule has 128 valence electrons. The van der Waals surface area contributed by atoms with Crippen molar-refractivity contribution in [1.29, 1.82) is 0 Å². The van der Waals surface area contributed by atoms with Crippen LogP contribution in [0.4, 0.5) is 0 Å². The Morgan fingerprint density at radius 1 is 0.450 bits per heavy atom. The van der Waals surface area contributed by atoms with Crippen molar-refractivity contribution in [2.75, 3.05) is 33.0 Å². The minimum absolute atomic E-state index is 0. The topological polar surface area (TPSA) is 101 Å². The third-order valence-electron chi connectivity index (χ3n) is 0.894. The van der Waals surface area contributed by atoms with Gasteiger partial charge in [0.1, 0.15) is 0 Å². The third-order valence-corrected chi connectivity index (χ3v) is 0.894. The monoisotopic (exact) mass is 376 g/mol. The van der Waals surface area contributed by atoms with E-state index in [2.05, 4.69) is 0 Å². The van der Waals surface area contributed by atoms with Gasteiger partial charge in [0.05, 0.1) is 0 Å². The van der Waals surface area contributed by atoms with E-state index in [1.807, 2.05) is 27.7 Å². The van der Waals surface area contributed by atoms with Crippen LogP contribution in [0.2, 0.25) is 0 Å². The molecule has 0 amide bonds. The molecule has 0 aromatic carbocycles. The molecule has 0 heterocycles. The van der Waals surface area contributed by atoms with E-state index in [4.69, 9.17) is 25.5 Å². The molecule has 0 unspecified atom stereocenters. The van der Waals surface area contributed by atoms with Crippen molar-refractivity contribution in [3.8, 4) is 0 Å². The summed E-state index contributed by atoms with van der Waals surface area (Å²) in [6.07, 6.45) is 3.50. The fraction of sp³-hybridized carbons (Fsp3) is 1.00. The van der Waals surface area contributed by atoms with Crippen LogP contribution in [-0.4, -0.2) is 58.6 Å². The third kappa shape index (κ3) is 266. The average Bonchev–Trinajstić information content (AvgIpc) is 2.48. The molecule has 0 spiro atoms. The first-order valence-electron chi connectivity index (χ1n) is 7.12. The summed E-state index contributed by atoms with van der Waals surface area (Å²) in [5, 5.41) is 39.1. The molecule has 0 aromatic heterocycles. The molecule has 5 nitrogen and oxygen atoms in total. The second kappa shape index (κ2) is 73.3. The zero-order chi connectivity index (χ0) is 16.4. The first-order chi connectivity index (χ1) is 9.07. The molecule has 5 N–H and O–H groups in total. The van der Waals surface area contributed by atoms with Gasteiger partial charge in [-0.25, -0.2) is 0 Å². The van der Waals surface area contributed by atoms with Crippen LogP contribution >= 0.6 is 0 Å². The van der Waals surface area contributed by atoms with Gasteiger partial charge in [-0.1, -0.05) is 27.7 Å². The van der Waals surface area contributed by atoms with Crippen LogP contribution < -0.4 is 0 Å². The predicted octanol–water partition coefficient (Wildman–Crippen LogP) is 1.55. The van der Waals surface area contributed by atoms with Crippen molar-refractivity contribution >= 4 is 0 Å². The molecular weight excluding hydrogens is 339 g/mol. The maximum atomic E-state index is 7.88. The van der Waals surface area contributed by atoms with Crippen molar-refractivity contribution in [3.63, 3.8) is 0 Å². The fourth-order valence-electron chi connectivity index (χ4n) is 0. The zero-order valence-electron chi connectivity index (χ0n) is 14.1. The van der Waals surface area contributed by atoms with Crippen molar-refractivity contribution < 1.29 is 51.7 Å². The normalized spacial score (nSPS) is 6.90. The Balaban J connectivity index is -0.0000000304. The Hall–Kier alpha value is 0.683. The van der Waals surface area contributed by atoms with Gasteiger partial charge in [0, 0.05) is 59.2 Å². The van der Waals surface area contributed by atoms with Crippen molar-refractivity contribution in [3.05, 3.63) is 0 Å². The standard InChI is InChI=1S/4C3H8O.C2H6O.Zr/c4*1-2-3-4;1-2-3;/h4*4H,2-3H2,1H3;3H,2H2,1H3;. The number of aliphatic hydroxyl groups excluding tert-OH is 5. The number of rotatable bonds is 4. The van der Waals surface area contributed by atoms with Crippen molar-refractivity contribution in [2.45, 2.75) is 60.3 Å². The molecule has 0 aliphatic carbocycles. The van der Waals surface area contributed by atoms with E-state index < -0.39 is 0 Å². The number of hydrogen-bond donors (Lipinski definition) is 5. The molecule has 0 rings (SSSR count). The van der Waals surface area contributed by atoms with Crippen LogP contribution in [0.5, 0.6) is 0 Å². The first kappa shape index (κ1) is 37.2. The van der Waals surface area contributed by atoms with E-state index in [9.17, 15) is 0 Å². The average molecular weight is 378 g/mol. The van der Waals surface area contributed by atoms with Gasteiger partial charge < -0.3 is 25.5 Å². The molecule has 0 atom stereocenters. The molecule has 0 saturated carbocycles. The van der Waals surface area contributed by atoms with Crippen molar-refractivity contribution in [2.24, 2.45) is 0 Å². The number of aliphatic hydroxyl groups is 5. The summed E-state index contributed by atoms with van der Waals surface area (Å²) in [5.41, 5.74) is 0. The molecular formula is C14H38O5Zr. The molecule has 6 heteroatoms.